The normalized spacial score (nSPS) is 12.9. The number of hydrogen-bond donors (Lipinski definition) is 2. The number of hydrogen-bond acceptors (Lipinski definition) is 5. The van der Waals surface area contributed by atoms with Crippen molar-refractivity contribution in [3.63, 3.8) is 0 Å². The molecule has 5 nitrogen and oxygen atoms in total. The van der Waals surface area contributed by atoms with Crippen molar-refractivity contribution < 1.29 is 0 Å². The molecule has 3 rings (SSSR count). The van der Waals surface area contributed by atoms with Gasteiger partial charge in [-0.15, -0.1) is 11.3 Å². The van der Waals surface area contributed by atoms with Crippen molar-refractivity contribution in [1.82, 2.24) is 20.0 Å². The maximum atomic E-state index is 5.63. The van der Waals surface area contributed by atoms with E-state index in [2.05, 4.69) is 26.0 Å². The van der Waals surface area contributed by atoms with Crippen LogP contribution in [0.5, 0.6) is 0 Å². The van der Waals surface area contributed by atoms with Gasteiger partial charge in [0, 0.05) is 18.8 Å². The molecule has 19 heavy (non-hydrogen) atoms. The van der Waals surface area contributed by atoms with Gasteiger partial charge in [-0.2, -0.15) is 0 Å². The number of para-hydroxylation sites is 2. The van der Waals surface area contributed by atoms with E-state index in [-0.39, 0.29) is 6.04 Å². The van der Waals surface area contributed by atoms with Gasteiger partial charge in [0.2, 0.25) is 0 Å². The Morgan fingerprint density at radius 2 is 2.26 bits per heavy atom. The maximum Gasteiger partial charge on any atom is 0.111 e. The van der Waals surface area contributed by atoms with E-state index in [4.69, 9.17) is 5.84 Å². The van der Waals surface area contributed by atoms with Crippen molar-refractivity contribution >= 4 is 22.4 Å². The molecule has 3 aromatic rings. The lowest BCUT2D eigenvalue weighted by atomic mass is 10.1. The molecule has 0 radical (unpaired) electrons. The van der Waals surface area contributed by atoms with Crippen LogP contribution in [0.4, 0.5) is 0 Å². The molecule has 2 heterocycles. The highest BCUT2D eigenvalue weighted by Crippen LogP contribution is 2.20. The van der Waals surface area contributed by atoms with Crippen LogP contribution in [-0.2, 0) is 13.5 Å². The summed E-state index contributed by atoms with van der Waals surface area (Å²) in [6.45, 7) is 0. The standard InChI is InChI=1S/C13H15N5S/c1-18-12-5-3-2-4-9(12)16-13(18)6-10(17-14)11-7-19-8-15-11/h2-5,7-8,10,17H,6,14H2,1H3. The summed E-state index contributed by atoms with van der Waals surface area (Å²) in [5.74, 6) is 6.63. The Balaban J connectivity index is 1.94. The Kier molecular flexibility index (Phi) is 3.29. The van der Waals surface area contributed by atoms with Gasteiger partial charge in [0.1, 0.15) is 5.82 Å². The average Bonchev–Trinajstić information content (AvgIpc) is 3.06. The molecule has 1 aromatic carbocycles. The number of aryl methyl sites for hydroxylation is 1. The zero-order valence-corrected chi connectivity index (χ0v) is 11.4. The van der Waals surface area contributed by atoms with E-state index in [1.54, 1.807) is 11.3 Å². The fraction of sp³-hybridized carbons (Fsp3) is 0.231. The highest BCUT2D eigenvalue weighted by molar-refractivity contribution is 7.07. The van der Waals surface area contributed by atoms with Crippen molar-refractivity contribution in [2.75, 3.05) is 0 Å². The summed E-state index contributed by atoms with van der Waals surface area (Å²) >= 11 is 1.57. The van der Waals surface area contributed by atoms with Gasteiger partial charge in [0.05, 0.1) is 28.3 Å². The highest BCUT2D eigenvalue weighted by Gasteiger charge is 2.16. The largest absolute Gasteiger partial charge is 0.331 e. The molecule has 0 saturated carbocycles. The molecule has 1 unspecified atom stereocenters. The maximum absolute atomic E-state index is 5.63. The molecule has 98 valence electrons. The monoisotopic (exact) mass is 273 g/mol. The van der Waals surface area contributed by atoms with E-state index in [0.717, 1.165) is 22.6 Å². The van der Waals surface area contributed by atoms with Crippen molar-refractivity contribution in [2.45, 2.75) is 12.5 Å². The summed E-state index contributed by atoms with van der Waals surface area (Å²) < 4.78 is 2.10. The van der Waals surface area contributed by atoms with Crippen LogP contribution >= 0.6 is 11.3 Å². The molecular weight excluding hydrogens is 258 g/mol. The molecule has 6 heteroatoms. The van der Waals surface area contributed by atoms with E-state index in [1.165, 1.54) is 0 Å². The Morgan fingerprint density at radius 1 is 1.42 bits per heavy atom. The number of benzene rings is 1. The van der Waals surface area contributed by atoms with Gasteiger partial charge in [0.25, 0.3) is 0 Å². The molecule has 0 aliphatic carbocycles. The molecular formula is C13H15N5S. The molecule has 0 aliphatic rings. The zero-order chi connectivity index (χ0) is 13.2. The number of nitrogens with two attached hydrogens (primary N) is 1. The van der Waals surface area contributed by atoms with Crippen LogP contribution in [0.15, 0.2) is 35.2 Å². The van der Waals surface area contributed by atoms with Crippen LogP contribution in [0, 0.1) is 0 Å². The summed E-state index contributed by atoms with van der Waals surface area (Å²) in [6, 6.07) is 8.10. The Labute approximate surface area is 115 Å². The van der Waals surface area contributed by atoms with Gasteiger partial charge >= 0.3 is 0 Å². The number of thiazole rings is 1. The number of aromatic nitrogens is 3. The first kappa shape index (κ1) is 12.3. The van der Waals surface area contributed by atoms with Gasteiger partial charge in [-0.25, -0.2) is 9.97 Å². The number of nitrogens with zero attached hydrogens (tertiary/aromatic N) is 3. The second kappa shape index (κ2) is 5.08. The zero-order valence-electron chi connectivity index (χ0n) is 10.6. The first-order chi connectivity index (χ1) is 9.29. The number of nitrogens with one attached hydrogen (secondary N) is 1. The Bertz CT molecular complexity index is 673. The van der Waals surface area contributed by atoms with Crippen LogP contribution in [0.3, 0.4) is 0 Å². The van der Waals surface area contributed by atoms with Gasteiger partial charge < -0.3 is 4.57 Å². The molecule has 0 saturated heterocycles. The number of rotatable bonds is 4. The topological polar surface area (TPSA) is 68.8 Å². The van der Waals surface area contributed by atoms with E-state index < -0.39 is 0 Å². The summed E-state index contributed by atoms with van der Waals surface area (Å²) in [5, 5.41) is 2.01. The molecule has 0 amide bonds. The number of fused-ring (bicyclic) bond motifs is 1. The summed E-state index contributed by atoms with van der Waals surface area (Å²) in [6.07, 6.45) is 0.714. The van der Waals surface area contributed by atoms with Gasteiger partial charge in [-0.1, -0.05) is 12.1 Å². The third kappa shape index (κ3) is 2.25. The first-order valence-corrected chi connectivity index (χ1v) is 6.98. The van der Waals surface area contributed by atoms with Crippen LogP contribution in [0.2, 0.25) is 0 Å². The summed E-state index contributed by atoms with van der Waals surface area (Å²) in [4.78, 5) is 8.96. The second-order valence-corrected chi connectivity index (χ2v) is 5.13. The molecule has 0 fully saturated rings. The fourth-order valence-corrected chi connectivity index (χ4v) is 2.81. The molecule has 1 atom stereocenters. The fourth-order valence-electron chi connectivity index (χ4n) is 2.20. The van der Waals surface area contributed by atoms with Crippen molar-refractivity contribution in [3.05, 3.63) is 46.7 Å². The van der Waals surface area contributed by atoms with Gasteiger partial charge in [0.15, 0.2) is 0 Å². The van der Waals surface area contributed by atoms with E-state index >= 15 is 0 Å². The quantitative estimate of drug-likeness (QED) is 0.561. The minimum atomic E-state index is -0.0123. The average molecular weight is 273 g/mol. The Hall–Kier alpha value is -1.76. The molecule has 2 aromatic heterocycles. The smallest absolute Gasteiger partial charge is 0.111 e. The van der Waals surface area contributed by atoms with Gasteiger partial charge in [-0.3, -0.25) is 11.3 Å². The SMILES string of the molecule is Cn1c(CC(NN)c2cscn2)nc2ccccc21. The lowest BCUT2D eigenvalue weighted by molar-refractivity contribution is 0.522. The minimum Gasteiger partial charge on any atom is -0.331 e. The lowest BCUT2D eigenvalue weighted by Gasteiger charge is -2.13. The molecule has 0 spiro atoms. The Morgan fingerprint density at radius 3 is 2.95 bits per heavy atom. The first-order valence-electron chi connectivity index (χ1n) is 6.04. The summed E-state index contributed by atoms with van der Waals surface area (Å²) in [5.41, 5.74) is 7.73. The van der Waals surface area contributed by atoms with Crippen LogP contribution < -0.4 is 11.3 Å². The van der Waals surface area contributed by atoms with Crippen LogP contribution in [-0.4, -0.2) is 14.5 Å². The van der Waals surface area contributed by atoms with Crippen LogP contribution in [0.25, 0.3) is 11.0 Å². The molecule has 3 N–H and O–H groups in total. The lowest BCUT2D eigenvalue weighted by Crippen LogP contribution is -2.30. The van der Waals surface area contributed by atoms with Crippen molar-refractivity contribution in [1.29, 1.82) is 0 Å². The summed E-state index contributed by atoms with van der Waals surface area (Å²) in [7, 11) is 2.03. The minimum absolute atomic E-state index is 0.0123. The van der Waals surface area contributed by atoms with Crippen LogP contribution in [0.1, 0.15) is 17.6 Å². The van der Waals surface area contributed by atoms with Crippen molar-refractivity contribution in [3.8, 4) is 0 Å². The van der Waals surface area contributed by atoms with Gasteiger partial charge in [-0.05, 0) is 12.1 Å². The predicted molar refractivity (Wildman–Crippen MR) is 76.6 cm³/mol. The van der Waals surface area contributed by atoms with E-state index in [1.807, 2.05) is 36.1 Å². The third-order valence-electron chi connectivity index (χ3n) is 3.28. The number of imidazole rings is 1. The molecule has 0 aliphatic heterocycles. The van der Waals surface area contributed by atoms with Crippen molar-refractivity contribution in [2.24, 2.45) is 12.9 Å². The third-order valence-corrected chi connectivity index (χ3v) is 3.88. The predicted octanol–water partition coefficient (Wildman–Crippen LogP) is 1.78. The van der Waals surface area contributed by atoms with E-state index in [0.29, 0.717) is 6.42 Å². The van der Waals surface area contributed by atoms with E-state index in [9.17, 15) is 0 Å². The number of hydrazine groups is 1. The second-order valence-electron chi connectivity index (χ2n) is 4.41. The molecule has 0 bridgehead atoms. The highest BCUT2D eigenvalue weighted by atomic mass is 32.1.